The molecule has 2 aliphatic rings. The molecule has 0 aliphatic heterocycles. The predicted molar refractivity (Wildman–Crippen MR) is 74.2 cm³/mol. The Morgan fingerprint density at radius 1 is 1.58 bits per heavy atom. The molecule has 104 valence electrons. The van der Waals surface area contributed by atoms with E-state index in [1.54, 1.807) is 11.3 Å². The number of nitrogens with one attached hydrogen (secondary N) is 1. The Morgan fingerprint density at radius 2 is 2.42 bits per heavy atom. The van der Waals surface area contributed by atoms with Crippen LogP contribution in [0.3, 0.4) is 0 Å². The molecule has 0 aromatic carbocycles. The Morgan fingerprint density at radius 3 is 3.16 bits per heavy atom. The number of nitrogens with zero attached hydrogens (tertiary/aromatic N) is 1. The maximum atomic E-state index is 11.9. The highest BCUT2D eigenvalue weighted by Crippen LogP contribution is 2.38. The van der Waals surface area contributed by atoms with E-state index in [4.69, 9.17) is 5.11 Å². The first kappa shape index (κ1) is 13.1. The van der Waals surface area contributed by atoms with E-state index >= 15 is 0 Å². The summed E-state index contributed by atoms with van der Waals surface area (Å²) in [7, 11) is 0. The fourth-order valence-electron chi connectivity index (χ4n) is 2.95. The molecule has 4 nitrogen and oxygen atoms in total. The third-order valence-electron chi connectivity index (χ3n) is 4.19. The van der Waals surface area contributed by atoms with E-state index < -0.39 is 0 Å². The third-order valence-corrected chi connectivity index (χ3v) is 5.24. The highest BCUT2D eigenvalue weighted by molar-refractivity contribution is 7.11. The number of aromatic nitrogens is 1. The number of carbonyl (C=O) groups is 1. The van der Waals surface area contributed by atoms with E-state index in [9.17, 15) is 4.79 Å². The van der Waals surface area contributed by atoms with E-state index in [0.29, 0.717) is 12.5 Å². The summed E-state index contributed by atoms with van der Waals surface area (Å²) in [6, 6.07) is 0. The lowest BCUT2D eigenvalue weighted by Crippen LogP contribution is -2.31. The van der Waals surface area contributed by atoms with Gasteiger partial charge in [0.25, 0.3) is 0 Å². The number of fused-ring (bicyclic) bond motifs is 1. The zero-order chi connectivity index (χ0) is 13.4. The van der Waals surface area contributed by atoms with Gasteiger partial charge in [0.1, 0.15) is 0 Å². The summed E-state index contributed by atoms with van der Waals surface area (Å²) in [4.78, 5) is 17.9. The standard InChI is InChI=1S/C14H20N2O2S/c1-8-16-13-9(3-2-4-12(13)19-8)6-15-14(18)11-5-10(11)7-17/h9-11,17H,2-7H2,1H3,(H,15,18)/t9?,10-,11+/m0/s1. The van der Waals surface area contributed by atoms with E-state index in [1.165, 1.54) is 17.0 Å². The number of aliphatic hydroxyl groups is 1. The SMILES string of the molecule is Cc1nc2c(s1)CCCC2CNC(=O)[C@@H]1C[C@H]1CO. The zero-order valence-corrected chi connectivity index (χ0v) is 12.0. The Labute approximate surface area is 117 Å². The van der Waals surface area contributed by atoms with Crippen LogP contribution in [0.4, 0.5) is 0 Å². The van der Waals surface area contributed by atoms with Crippen LogP contribution in [0.2, 0.25) is 0 Å². The topological polar surface area (TPSA) is 62.2 Å². The molecule has 0 saturated heterocycles. The van der Waals surface area contributed by atoms with Crippen LogP contribution in [0.15, 0.2) is 0 Å². The van der Waals surface area contributed by atoms with Crippen molar-refractivity contribution in [3.05, 3.63) is 15.6 Å². The summed E-state index contributed by atoms with van der Waals surface area (Å²) >= 11 is 1.79. The van der Waals surface area contributed by atoms with Crippen LogP contribution < -0.4 is 5.32 Å². The van der Waals surface area contributed by atoms with Crippen molar-refractivity contribution in [1.82, 2.24) is 10.3 Å². The van der Waals surface area contributed by atoms with Gasteiger partial charge in [-0.05, 0) is 38.5 Å². The molecule has 2 aliphatic carbocycles. The van der Waals surface area contributed by atoms with Crippen molar-refractivity contribution in [2.75, 3.05) is 13.2 Å². The number of hydrogen-bond acceptors (Lipinski definition) is 4. The molecule has 19 heavy (non-hydrogen) atoms. The van der Waals surface area contributed by atoms with Crippen LogP contribution >= 0.6 is 11.3 Å². The van der Waals surface area contributed by atoms with Crippen LogP contribution in [-0.4, -0.2) is 29.1 Å². The minimum Gasteiger partial charge on any atom is -0.396 e. The van der Waals surface area contributed by atoms with Crippen molar-refractivity contribution >= 4 is 17.2 Å². The molecule has 1 aromatic heterocycles. The van der Waals surface area contributed by atoms with Crippen molar-refractivity contribution in [3.8, 4) is 0 Å². The van der Waals surface area contributed by atoms with E-state index in [2.05, 4.69) is 17.2 Å². The lowest BCUT2D eigenvalue weighted by molar-refractivity contribution is -0.122. The lowest BCUT2D eigenvalue weighted by atomic mass is 9.91. The smallest absolute Gasteiger partial charge is 0.223 e. The van der Waals surface area contributed by atoms with Gasteiger partial charge in [0.15, 0.2) is 0 Å². The first-order chi connectivity index (χ1) is 9.19. The van der Waals surface area contributed by atoms with Crippen LogP contribution in [-0.2, 0) is 11.2 Å². The number of aliphatic hydroxyl groups excluding tert-OH is 1. The van der Waals surface area contributed by atoms with Crippen LogP contribution in [0, 0.1) is 18.8 Å². The fourth-order valence-corrected chi connectivity index (χ4v) is 4.02. The third kappa shape index (κ3) is 2.67. The molecule has 1 aromatic rings. The highest BCUT2D eigenvalue weighted by Gasteiger charge is 2.42. The van der Waals surface area contributed by atoms with Gasteiger partial charge < -0.3 is 10.4 Å². The molecule has 1 unspecified atom stereocenters. The van der Waals surface area contributed by atoms with Gasteiger partial charge in [-0.25, -0.2) is 4.98 Å². The number of amides is 1. The minimum atomic E-state index is 0.0465. The quantitative estimate of drug-likeness (QED) is 0.881. The van der Waals surface area contributed by atoms with Gasteiger partial charge in [0.2, 0.25) is 5.91 Å². The Kier molecular flexibility index (Phi) is 3.58. The Bertz CT molecular complexity index is 486. The number of aryl methyl sites for hydroxylation is 2. The summed E-state index contributed by atoms with van der Waals surface area (Å²) in [5.74, 6) is 0.732. The van der Waals surface area contributed by atoms with Gasteiger partial charge in [-0.1, -0.05) is 0 Å². The molecule has 1 saturated carbocycles. The summed E-state index contributed by atoms with van der Waals surface area (Å²) in [5, 5.41) is 13.2. The van der Waals surface area contributed by atoms with Crippen molar-refractivity contribution in [2.45, 2.75) is 38.5 Å². The maximum Gasteiger partial charge on any atom is 0.223 e. The molecular formula is C14H20N2O2S. The fraction of sp³-hybridized carbons (Fsp3) is 0.714. The molecule has 0 spiro atoms. The number of thiazole rings is 1. The molecule has 3 atom stereocenters. The van der Waals surface area contributed by atoms with Gasteiger partial charge in [-0.2, -0.15) is 0 Å². The van der Waals surface area contributed by atoms with E-state index in [1.807, 2.05) is 0 Å². The molecule has 2 N–H and O–H groups in total. The first-order valence-electron chi connectivity index (χ1n) is 7.03. The second-order valence-corrected chi connectivity index (χ2v) is 6.95. The highest BCUT2D eigenvalue weighted by atomic mass is 32.1. The Hall–Kier alpha value is -0.940. The molecule has 1 amide bonds. The van der Waals surface area contributed by atoms with Crippen molar-refractivity contribution in [3.63, 3.8) is 0 Å². The van der Waals surface area contributed by atoms with Crippen LogP contribution in [0.5, 0.6) is 0 Å². The maximum absolute atomic E-state index is 11.9. The molecule has 1 heterocycles. The summed E-state index contributed by atoms with van der Waals surface area (Å²) < 4.78 is 0. The van der Waals surface area contributed by atoms with Gasteiger partial charge in [-0.3, -0.25) is 4.79 Å². The summed E-state index contributed by atoms with van der Waals surface area (Å²) in [5.41, 5.74) is 1.21. The van der Waals surface area contributed by atoms with Gasteiger partial charge in [-0.15, -0.1) is 11.3 Å². The number of rotatable bonds is 4. The van der Waals surface area contributed by atoms with E-state index in [-0.39, 0.29) is 24.3 Å². The van der Waals surface area contributed by atoms with Crippen molar-refractivity contribution < 1.29 is 9.90 Å². The molecule has 1 fully saturated rings. The lowest BCUT2D eigenvalue weighted by Gasteiger charge is -2.21. The van der Waals surface area contributed by atoms with Gasteiger partial charge >= 0.3 is 0 Å². The number of hydrogen-bond donors (Lipinski definition) is 2. The minimum absolute atomic E-state index is 0.0465. The molecular weight excluding hydrogens is 260 g/mol. The first-order valence-corrected chi connectivity index (χ1v) is 7.85. The average molecular weight is 280 g/mol. The zero-order valence-electron chi connectivity index (χ0n) is 11.2. The monoisotopic (exact) mass is 280 g/mol. The second-order valence-electron chi connectivity index (χ2n) is 5.66. The van der Waals surface area contributed by atoms with Crippen molar-refractivity contribution in [2.24, 2.45) is 11.8 Å². The van der Waals surface area contributed by atoms with Gasteiger partial charge in [0, 0.05) is 29.9 Å². The summed E-state index contributed by atoms with van der Waals surface area (Å²) in [6.45, 7) is 2.88. The largest absolute Gasteiger partial charge is 0.396 e. The van der Waals surface area contributed by atoms with Crippen molar-refractivity contribution in [1.29, 1.82) is 0 Å². The van der Waals surface area contributed by atoms with Gasteiger partial charge in [0.05, 0.1) is 10.7 Å². The molecule has 0 radical (unpaired) electrons. The normalized spacial score (nSPS) is 28.8. The molecule has 5 heteroatoms. The average Bonchev–Trinajstić information content (AvgIpc) is 3.09. The second kappa shape index (κ2) is 5.21. The van der Waals surface area contributed by atoms with Crippen LogP contribution in [0.25, 0.3) is 0 Å². The number of carbonyl (C=O) groups excluding carboxylic acids is 1. The van der Waals surface area contributed by atoms with E-state index in [0.717, 1.165) is 24.3 Å². The molecule has 0 bridgehead atoms. The predicted octanol–water partition coefficient (Wildman–Crippen LogP) is 1.62. The Balaban J connectivity index is 1.58. The molecule has 3 rings (SSSR count). The van der Waals surface area contributed by atoms with Crippen LogP contribution in [0.1, 0.15) is 40.8 Å². The summed E-state index contributed by atoms with van der Waals surface area (Å²) in [6.07, 6.45) is 4.29.